The molecule has 0 bridgehead atoms. The highest BCUT2D eigenvalue weighted by Crippen LogP contribution is 1.80. The molecule has 3 heteroatoms. The van der Waals surface area contributed by atoms with Crippen molar-refractivity contribution < 1.29 is 4.79 Å². The van der Waals surface area contributed by atoms with E-state index in [9.17, 15) is 4.79 Å². The summed E-state index contributed by atoms with van der Waals surface area (Å²) in [5.74, 6) is 0.581. The Hall–Kier alpha value is -0.0200. The van der Waals surface area contributed by atoms with Gasteiger partial charge in [0.15, 0.2) is 0 Å². The molecule has 0 spiro atoms. The quantitative estimate of drug-likeness (QED) is 0.420. The largest absolute Gasteiger partial charge is 0.307 e. The lowest BCUT2D eigenvalue weighted by Crippen LogP contribution is -2.31. The first-order valence-corrected chi connectivity index (χ1v) is 3.28. The summed E-state index contributed by atoms with van der Waals surface area (Å²) in [5, 5.41) is 2.94. The van der Waals surface area contributed by atoms with Gasteiger partial charge in [-0.25, -0.2) is 0 Å². The van der Waals surface area contributed by atoms with Gasteiger partial charge < -0.3 is 10.1 Å². The molecule has 1 unspecified atom stereocenters. The summed E-state index contributed by atoms with van der Waals surface area (Å²) >= 11 is 3.94. The number of rotatable bonds is 4. The lowest BCUT2D eigenvalue weighted by atomic mass is 10.4. The van der Waals surface area contributed by atoms with Gasteiger partial charge in [0.1, 0.15) is 6.29 Å². The van der Waals surface area contributed by atoms with Crippen LogP contribution in [0.15, 0.2) is 0 Å². The zero-order valence-corrected chi connectivity index (χ0v) is 5.82. The normalized spacial score (nSPS) is 13.2. The number of thiol groups is 1. The standard InChI is InChI=1S/C5H11NOS/c1-2-6-5(3-7)4-8/h3,5-6,8H,2,4H2,1H3. The van der Waals surface area contributed by atoms with Crippen molar-refractivity contribution in [1.82, 2.24) is 5.32 Å². The van der Waals surface area contributed by atoms with Crippen LogP contribution in [0.5, 0.6) is 0 Å². The lowest BCUT2D eigenvalue weighted by molar-refractivity contribution is -0.109. The van der Waals surface area contributed by atoms with Gasteiger partial charge in [-0.15, -0.1) is 0 Å². The molecule has 0 aromatic heterocycles. The number of carbonyl (C=O) groups is 1. The van der Waals surface area contributed by atoms with Crippen LogP contribution in [0, 0.1) is 0 Å². The third-order valence-electron chi connectivity index (χ3n) is 0.827. The molecule has 0 aromatic carbocycles. The van der Waals surface area contributed by atoms with Gasteiger partial charge >= 0.3 is 0 Å². The van der Waals surface area contributed by atoms with E-state index in [0.29, 0.717) is 5.75 Å². The molecule has 8 heavy (non-hydrogen) atoms. The Bertz CT molecular complexity index is 67.4. The maximum Gasteiger partial charge on any atom is 0.137 e. The van der Waals surface area contributed by atoms with Crippen LogP contribution in [-0.4, -0.2) is 24.6 Å². The van der Waals surface area contributed by atoms with E-state index in [-0.39, 0.29) is 6.04 Å². The minimum absolute atomic E-state index is 0.0664. The molecule has 0 aliphatic carbocycles. The molecule has 1 N–H and O–H groups in total. The van der Waals surface area contributed by atoms with E-state index in [1.54, 1.807) is 0 Å². The molecule has 0 radical (unpaired) electrons. The summed E-state index contributed by atoms with van der Waals surface area (Å²) in [6, 6.07) is -0.0664. The Balaban J connectivity index is 3.21. The van der Waals surface area contributed by atoms with Crippen LogP contribution >= 0.6 is 12.6 Å². The van der Waals surface area contributed by atoms with Crippen molar-refractivity contribution >= 4 is 18.9 Å². The molecule has 0 fully saturated rings. The fraction of sp³-hybridized carbons (Fsp3) is 0.800. The first kappa shape index (κ1) is 7.98. The van der Waals surface area contributed by atoms with Gasteiger partial charge in [0.25, 0.3) is 0 Å². The Morgan fingerprint density at radius 2 is 2.50 bits per heavy atom. The number of hydrogen-bond donors (Lipinski definition) is 2. The summed E-state index contributed by atoms with van der Waals surface area (Å²) in [7, 11) is 0. The maximum absolute atomic E-state index is 10.0. The molecule has 0 amide bonds. The van der Waals surface area contributed by atoms with E-state index < -0.39 is 0 Å². The van der Waals surface area contributed by atoms with E-state index >= 15 is 0 Å². The van der Waals surface area contributed by atoms with Crippen LogP contribution < -0.4 is 5.32 Å². The van der Waals surface area contributed by atoms with Gasteiger partial charge in [-0.3, -0.25) is 0 Å². The number of carbonyl (C=O) groups excluding carboxylic acids is 1. The van der Waals surface area contributed by atoms with E-state index in [4.69, 9.17) is 0 Å². The fourth-order valence-corrected chi connectivity index (χ4v) is 0.633. The summed E-state index contributed by atoms with van der Waals surface area (Å²) in [6.45, 7) is 2.78. The highest BCUT2D eigenvalue weighted by atomic mass is 32.1. The van der Waals surface area contributed by atoms with Crippen LogP contribution in [0.25, 0.3) is 0 Å². The molecule has 0 saturated carbocycles. The minimum atomic E-state index is -0.0664. The van der Waals surface area contributed by atoms with Gasteiger partial charge in [-0.1, -0.05) is 6.92 Å². The van der Waals surface area contributed by atoms with Crippen LogP contribution in [0.3, 0.4) is 0 Å². The van der Waals surface area contributed by atoms with Crippen LogP contribution in [0.1, 0.15) is 6.92 Å². The zero-order chi connectivity index (χ0) is 6.41. The second-order valence-electron chi connectivity index (χ2n) is 1.48. The average Bonchev–Trinajstić information content (AvgIpc) is 1.83. The molecule has 0 aliphatic rings. The van der Waals surface area contributed by atoms with Crippen molar-refractivity contribution in [2.45, 2.75) is 13.0 Å². The highest BCUT2D eigenvalue weighted by Gasteiger charge is 1.98. The van der Waals surface area contributed by atoms with E-state index in [1.165, 1.54) is 0 Å². The molecule has 0 saturated heterocycles. The Labute approximate surface area is 55.1 Å². The summed E-state index contributed by atoms with van der Waals surface area (Å²) in [4.78, 5) is 10.0. The zero-order valence-electron chi connectivity index (χ0n) is 4.92. The van der Waals surface area contributed by atoms with Crippen molar-refractivity contribution in [3.05, 3.63) is 0 Å². The third kappa shape index (κ3) is 3.04. The Kier molecular flexibility index (Phi) is 5.11. The Morgan fingerprint density at radius 3 is 2.62 bits per heavy atom. The van der Waals surface area contributed by atoms with E-state index in [1.807, 2.05) is 6.92 Å². The fourth-order valence-electron chi connectivity index (χ4n) is 0.418. The topological polar surface area (TPSA) is 29.1 Å². The monoisotopic (exact) mass is 133 g/mol. The van der Waals surface area contributed by atoms with Crippen molar-refractivity contribution in [3.8, 4) is 0 Å². The van der Waals surface area contributed by atoms with Gasteiger partial charge in [-0.2, -0.15) is 12.6 Å². The van der Waals surface area contributed by atoms with E-state index in [2.05, 4.69) is 17.9 Å². The maximum atomic E-state index is 10.0. The summed E-state index contributed by atoms with van der Waals surface area (Å²) in [6.07, 6.45) is 0.872. The molecule has 0 rings (SSSR count). The predicted octanol–water partition coefficient (Wildman–Crippen LogP) is 0.0932. The minimum Gasteiger partial charge on any atom is -0.307 e. The number of hydrogen-bond acceptors (Lipinski definition) is 3. The third-order valence-corrected chi connectivity index (χ3v) is 1.22. The van der Waals surface area contributed by atoms with Crippen molar-refractivity contribution in [1.29, 1.82) is 0 Å². The smallest absolute Gasteiger partial charge is 0.137 e. The molecule has 1 atom stereocenters. The highest BCUT2D eigenvalue weighted by molar-refractivity contribution is 7.80. The number of nitrogens with one attached hydrogen (secondary N) is 1. The molecule has 48 valence electrons. The molecule has 0 aliphatic heterocycles. The number of aldehydes is 1. The van der Waals surface area contributed by atoms with E-state index in [0.717, 1.165) is 12.8 Å². The van der Waals surface area contributed by atoms with Crippen molar-refractivity contribution in [2.75, 3.05) is 12.3 Å². The summed E-state index contributed by atoms with van der Waals surface area (Å²) in [5.41, 5.74) is 0. The SMILES string of the molecule is CCNC(C=O)CS. The van der Waals surface area contributed by atoms with Crippen molar-refractivity contribution in [3.63, 3.8) is 0 Å². The van der Waals surface area contributed by atoms with Gasteiger partial charge in [0, 0.05) is 5.75 Å². The van der Waals surface area contributed by atoms with Crippen LogP contribution in [-0.2, 0) is 4.79 Å². The van der Waals surface area contributed by atoms with Gasteiger partial charge in [-0.05, 0) is 6.54 Å². The molecule has 0 heterocycles. The first-order valence-electron chi connectivity index (χ1n) is 2.64. The summed E-state index contributed by atoms with van der Waals surface area (Å²) < 4.78 is 0. The predicted molar refractivity (Wildman–Crippen MR) is 37.4 cm³/mol. The lowest BCUT2D eigenvalue weighted by Gasteiger charge is -2.04. The van der Waals surface area contributed by atoms with Crippen LogP contribution in [0.4, 0.5) is 0 Å². The van der Waals surface area contributed by atoms with Crippen LogP contribution in [0.2, 0.25) is 0 Å². The average molecular weight is 133 g/mol. The number of likely N-dealkylation sites (N-methyl/N-ethyl adjacent to an activating group) is 1. The second kappa shape index (κ2) is 5.12. The molecule has 0 aromatic rings. The van der Waals surface area contributed by atoms with Crippen molar-refractivity contribution in [2.24, 2.45) is 0 Å². The van der Waals surface area contributed by atoms with Gasteiger partial charge in [0.2, 0.25) is 0 Å². The Morgan fingerprint density at radius 1 is 1.88 bits per heavy atom. The van der Waals surface area contributed by atoms with Gasteiger partial charge in [0.05, 0.1) is 6.04 Å². The molecular weight excluding hydrogens is 122 g/mol. The first-order chi connectivity index (χ1) is 3.85. The molecule has 2 nitrogen and oxygen atoms in total. The second-order valence-corrected chi connectivity index (χ2v) is 1.85. The molecular formula is C5H11NOS.